The highest BCUT2D eigenvalue weighted by Crippen LogP contribution is 2.35. The van der Waals surface area contributed by atoms with Gasteiger partial charge in [-0.2, -0.15) is 0 Å². The van der Waals surface area contributed by atoms with Gasteiger partial charge in [-0.3, -0.25) is 0 Å². The van der Waals surface area contributed by atoms with Crippen LogP contribution in [0.1, 0.15) is 12.5 Å². The molecule has 0 amide bonds. The number of benzene rings is 2. The second kappa shape index (κ2) is 4.81. The second-order valence-electron chi connectivity index (χ2n) is 5.11. The van der Waals surface area contributed by atoms with E-state index in [1.807, 2.05) is 18.2 Å². The zero-order valence-corrected chi connectivity index (χ0v) is 11.8. The first-order valence-electron chi connectivity index (χ1n) is 7.23. The van der Waals surface area contributed by atoms with Crippen LogP contribution in [0, 0.1) is 0 Å². The number of imidazole rings is 1. The summed E-state index contributed by atoms with van der Waals surface area (Å²) in [6.07, 6.45) is 0.982. The molecule has 2 aromatic carbocycles. The van der Waals surface area contributed by atoms with E-state index >= 15 is 0 Å². The number of fused-ring (bicyclic) bond motifs is 2. The summed E-state index contributed by atoms with van der Waals surface area (Å²) in [4.78, 5) is 8.10. The molecule has 1 aromatic heterocycles. The number of H-pyrrole nitrogens is 1. The van der Waals surface area contributed by atoms with Crippen molar-refractivity contribution in [3.63, 3.8) is 0 Å². The van der Waals surface area contributed by atoms with Crippen LogP contribution in [0.25, 0.3) is 22.4 Å². The number of aromatic nitrogens is 2. The Kier molecular flexibility index (Phi) is 2.81. The van der Waals surface area contributed by atoms with E-state index in [0.717, 1.165) is 40.3 Å². The molecule has 4 heteroatoms. The number of hydrogen-bond donors (Lipinski definition) is 1. The van der Waals surface area contributed by atoms with Crippen molar-refractivity contribution in [1.29, 1.82) is 0 Å². The molecule has 3 aromatic rings. The lowest BCUT2D eigenvalue weighted by molar-refractivity contribution is 0.172. The Morgan fingerprint density at radius 3 is 2.67 bits per heavy atom. The second-order valence-corrected chi connectivity index (χ2v) is 5.11. The van der Waals surface area contributed by atoms with E-state index in [0.29, 0.717) is 13.2 Å². The molecule has 0 saturated heterocycles. The Morgan fingerprint density at radius 1 is 1.10 bits per heavy atom. The van der Waals surface area contributed by atoms with Crippen molar-refractivity contribution in [3.05, 3.63) is 42.0 Å². The molecular weight excluding hydrogens is 264 g/mol. The molecule has 0 aliphatic carbocycles. The van der Waals surface area contributed by atoms with Crippen molar-refractivity contribution < 1.29 is 9.47 Å². The molecule has 0 spiro atoms. The van der Waals surface area contributed by atoms with Crippen molar-refractivity contribution in [2.45, 2.75) is 13.3 Å². The molecule has 1 aliphatic rings. The normalized spacial score (nSPS) is 13.6. The molecule has 0 fully saturated rings. The minimum Gasteiger partial charge on any atom is -0.486 e. The van der Waals surface area contributed by atoms with E-state index in [4.69, 9.17) is 14.5 Å². The molecule has 2 heterocycles. The maximum Gasteiger partial charge on any atom is 0.163 e. The first-order chi connectivity index (χ1) is 10.3. The van der Waals surface area contributed by atoms with Gasteiger partial charge >= 0.3 is 0 Å². The maximum atomic E-state index is 5.62. The number of rotatable bonds is 2. The van der Waals surface area contributed by atoms with Crippen LogP contribution in [0.15, 0.2) is 36.4 Å². The van der Waals surface area contributed by atoms with Gasteiger partial charge in [0.25, 0.3) is 0 Å². The van der Waals surface area contributed by atoms with E-state index in [-0.39, 0.29) is 0 Å². The van der Waals surface area contributed by atoms with E-state index in [1.165, 1.54) is 5.56 Å². The SMILES string of the molecule is CCc1ccccc1-c1nc2cc3c(cc2[nH]1)OCCO3. The van der Waals surface area contributed by atoms with Crippen LogP contribution in [0.2, 0.25) is 0 Å². The zero-order chi connectivity index (χ0) is 14.2. The largest absolute Gasteiger partial charge is 0.486 e. The lowest BCUT2D eigenvalue weighted by atomic mass is 10.1. The number of aryl methyl sites for hydroxylation is 1. The average Bonchev–Trinajstić information content (AvgIpc) is 2.95. The van der Waals surface area contributed by atoms with Gasteiger partial charge in [-0.15, -0.1) is 0 Å². The van der Waals surface area contributed by atoms with E-state index in [2.05, 4.69) is 30.1 Å². The molecule has 4 rings (SSSR count). The van der Waals surface area contributed by atoms with Crippen LogP contribution in [0.5, 0.6) is 11.5 Å². The summed E-state index contributed by atoms with van der Waals surface area (Å²) in [7, 11) is 0. The van der Waals surface area contributed by atoms with Gasteiger partial charge in [0.15, 0.2) is 11.5 Å². The van der Waals surface area contributed by atoms with Crippen LogP contribution in [0.4, 0.5) is 0 Å². The van der Waals surface area contributed by atoms with Gasteiger partial charge in [0.2, 0.25) is 0 Å². The van der Waals surface area contributed by atoms with Crippen molar-refractivity contribution in [1.82, 2.24) is 9.97 Å². The monoisotopic (exact) mass is 280 g/mol. The van der Waals surface area contributed by atoms with Crippen molar-refractivity contribution in [2.24, 2.45) is 0 Å². The van der Waals surface area contributed by atoms with E-state index in [1.54, 1.807) is 0 Å². The van der Waals surface area contributed by atoms with Gasteiger partial charge in [-0.1, -0.05) is 31.2 Å². The van der Waals surface area contributed by atoms with Crippen LogP contribution in [0.3, 0.4) is 0 Å². The third-order valence-electron chi connectivity index (χ3n) is 3.80. The molecule has 0 saturated carbocycles. The van der Waals surface area contributed by atoms with Crippen LogP contribution >= 0.6 is 0 Å². The quantitative estimate of drug-likeness (QED) is 0.780. The third-order valence-corrected chi connectivity index (χ3v) is 3.80. The topological polar surface area (TPSA) is 47.1 Å². The van der Waals surface area contributed by atoms with Gasteiger partial charge < -0.3 is 14.5 Å². The van der Waals surface area contributed by atoms with Gasteiger partial charge in [0.05, 0.1) is 11.0 Å². The summed E-state index contributed by atoms with van der Waals surface area (Å²) in [5.41, 5.74) is 4.31. The number of aromatic amines is 1. The van der Waals surface area contributed by atoms with Gasteiger partial charge in [-0.05, 0) is 12.0 Å². The molecule has 21 heavy (non-hydrogen) atoms. The predicted octanol–water partition coefficient (Wildman–Crippen LogP) is 3.56. The van der Waals surface area contributed by atoms with Crippen LogP contribution < -0.4 is 9.47 Å². The van der Waals surface area contributed by atoms with Crippen LogP contribution in [-0.2, 0) is 6.42 Å². The number of nitrogens with one attached hydrogen (secondary N) is 1. The average molecular weight is 280 g/mol. The molecular formula is C17H16N2O2. The fraction of sp³-hybridized carbons (Fsp3) is 0.235. The number of hydrogen-bond acceptors (Lipinski definition) is 3. The summed E-state index contributed by atoms with van der Waals surface area (Å²) in [5.74, 6) is 2.45. The van der Waals surface area contributed by atoms with E-state index in [9.17, 15) is 0 Å². The lowest BCUT2D eigenvalue weighted by Crippen LogP contribution is -2.15. The molecule has 0 radical (unpaired) electrons. The molecule has 1 N–H and O–H groups in total. The highest BCUT2D eigenvalue weighted by atomic mass is 16.6. The molecule has 0 bridgehead atoms. The summed E-state index contributed by atoms with van der Waals surface area (Å²) < 4.78 is 11.2. The molecule has 4 nitrogen and oxygen atoms in total. The first-order valence-corrected chi connectivity index (χ1v) is 7.23. The van der Waals surface area contributed by atoms with Crippen molar-refractivity contribution in [3.8, 4) is 22.9 Å². The zero-order valence-electron chi connectivity index (χ0n) is 11.8. The summed E-state index contributed by atoms with van der Waals surface area (Å²) in [5, 5.41) is 0. The molecule has 106 valence electrons. The number of ether oxygens (including phenoxy) is 2. The summed E-state index contributed by atoms with van der Waals surface area (Å²) in [6, 6.07) is 12.3. The van der Waals surface area contributed by atoms with Crippen molar-refractivity contribution in [2.75, 3.05) is 13.2 Å². The van der Waals surface area contributed by atoms with Gasteiger partial charge in [0.1, 0.15) is 19.0 Å². The Labute approximate surface area is 122 Å². The molecule has 0 atom stereocenters. The fourth-order valence-corrected chi connectivity index (χ4v) is 2.73. The lowest BCUT2D eigenvalue weighted by Gasteiger charge is -2.17. The minimum atomic E-state index is 0.592. The van der Waals surface area contributed by atoms with Gasteiger partial charge in [0, 0.05) is 17.7 Å². The molecule has 1 aliphatic heterocycles. The predicted molar refractivity (Wildman–Crippen MR) is 81.9 cm³/mol. The van der Waals surface area contributed by atoms with E-state index < -0.39 is 0 Å². The fourth-order valence-electron chi connectivity index (χ4n) is 2.73. The first kappa shape index (κ1) is 12.3. The Morgan fingerprint density at radius 2 is 1.86 bits per heavy atom. The smallest absolute Gasteiger partial charge is 0.163 e. The Hall–Kier alpha value is -2.49. The highest BCUT2D eigenvalue weighted by Gasteiger charge is 2.15. The van der Waals surface area contributed by atoms with Crippen LogP contribution in [-0.4, -0.2) is 23.2 Å². The van der Waals surface area contributed by atoms with Crippen molar-refractivity contribution >= 4 is 11.0 Å². The Balaban J connectivity index is 1.87. The maximum absolute atomic E-state index is 5.62. The third kappa shape index (κ3) is 2.03. The van der Waals surface area contributed by atoms with Gasteiger partial charge in [-0.25, -0.2) is 4.98 Å². The summed E-state index contributed by atoms with van der Waals surface area (Å²) in [6.45, 7) is 3.34. The summed E-state index contributed by atoms with van der Waals surface area (Å²) >= 11 is 0. The Bertz CT molecular complexity index is 765. The standard InChI is InChI=1S/C17H16N2O2/c1-2-11-5-3-4-6-12(11)17-18-13-9-15-16(10-14(13)19-17)21-8-7-20-15/h3-6,9-10H,2,7-8H2,1H3,(H,18,19). The molecule has 0 unspecified atom stereocenters. The highest BCUT2D eigenvalue weighted by molar-refractivity contribution is 5.83. The minimum absolute atomic E-state index is 0.592. The number of nitrogens with zero attached hydrogens (tertiary/aromatic N) is 1.